The van der Waals surface area contributed by atoms with Crippen molar-refractivity contribution in [2.75, 3.05) is 12.4 Å². The number of nitrogens with one attached hydrogen (secondary N) is 1. The highest BCUT2D eigenvalue weighted by Crippen LogP contribution is 2.16. The Labute approximate surface area is 115 Å². The van der Waals surface area contributed by atoms with Crippen LogP contribution in [-0.2, 0) is 4.74 Å². The van der Waals surface area contributed by atoms with Crippen LogP contribution in [0, 0.1) is 0 Å². The molecule has 0 aliphatic rings. The summed E-state index contributed by atoms with van der Waals surface area (Å²) in [4.78, 5) is 27.1. The fourth-order valence-corrected chi connectivity index (χ4v) is 1.60. The van der Waals surface area contributed by atoms with Crippen molar-refractivity contribution < 1.29 is 19.4 Å². The Morgan fingerprint density at radius 1 is 1.25 bits per heavy atom. The van der Waals surface area contributed by atoms with Gasteiger partial charge in [0.2, 0.25) is 0 Å². The molecule has 0 saturated carbocycles. The molecule has 0 unspecified atom stereocenters. The van der Waals surface area contributed by atoms with E-state index in [4.69, 9.17) is 0 Å². The van der Waals surface area contributed by atoms with E-state index in [1.807, 2.05) is 0 Å². The molecular formula is C14H12N2O4. The molecule has 6 heteroatoms. The highest BCUT2D eigenvalue weighted by Gasteiger charge is 2.13. The summed E-state index contributed by atoms with van der Waals surface area (Å²) in [5, 5.41) is 12.1. The molecule has 2 rings (SSSR count). The van der Waals surface area contributed by atoms with E-state index in [-0.39, 0.29) is 11.4 Å². The van der Waals surface area contributed by atoms with Gasteiger partial charge in [0.1, 0.15) is 5.75 Å². The maximum Gasteiger partial charge on any atom is 0.337 e. The van der Waals surface area contributed by atoms with E-state index in [1.165, 1.54) is 31.5 Å². The van der Waals surface area contributed by atoms with Crippen molar-refractivity contribution >= 4 is 17.6 Å². The minimum Gasteiger partial charge on any atom is -0.505 e. The fraction of sp³-hybridized carbons (Fsp3) is 0.0714. The van der Waals surface area contributed by atoms with Gasteiger partial charge in [-0.25, -0.2) is 9.78 Å². The minimum atomic E-state index is -0.565. The zero-order valence-electron chi connectivity index (χ0n) is 10.7. The topological polar surface area (TPSA) is 88.5 Å². The molecule has 0 fully saturated rings. The van der Waals surface area contributed by atoms with Crippen molar-refractivity contribution in [2.24, 2.45) is 0 Å². The number of aromatic nitrogens is 1. The lowest BCUT2D eigenvalue weighted by atomic mass is 10.2. The average molecular weight is 272 g/mol. The van der Waals surface area contributed by atoms with Gasteiger partial charge in [-0.15, -0.1) is 0 Å². The smallest absolute Gasteiger partial charge is 0.337 e. The van der Waals surface area contributed by atoms with Crippen LogP contribution in [0.3, 0.4) is 0 Å². The first-order valence-corrected chi connectivity index (χ1v) is 5.75. The van der Waals surface area contributed by atoms with Gasteiger partial charge in [0, 0.05) is 11.9 Å². The van der Waals surface area contributed by atoms with E-state index in [0.717, 1.165) is 0 Å². The number of methoxy groups -OCH3 is 1. The largest absolute Gasteiger partial charge is 0.505 e. The van der Waals surface area contributed by atoms with Crippen LogP contribution in [0.25, 0.3) is 0 Å². The summed E-state index contributed by atoms with van der Waals surface area (Å²) in [5.74, 6) is -1.28. The third-order valence-corrected chi connectivity index (χ3v) is 2.54. The van der Waals surface area contributed by atoms with Crippen molar-refractivity contribution in [3.05, 3.63) is 53.9 Å². The van der Waals surface area contributed by atoms with Gasteiger partial charge < -0.3 is 15.2 Å². The third kappa shape index (κ3) is 2.92. The lowest BCUT2D eigenvalue weighted by Gasteiger charge is -2.07. The molecule has 0 spiro atoms. The molecule has 1 heterocycles. The van der Waals surface area contributed by atoms with Crippen LogP contribution in [0.4, 0.5) is 5.69 Å². The van der Waals surface area contributed by atoms with E-state index in [0.29, 0.717) is 11.3 Å². The van der Waals surface area contributed by atoms with Crippen molar-refractivity contribution in [3.8, 4) is 5.75 Å². The fourth-order valence-electron chi connectivity index (χ4n) is 1.60. The molecule has 2 aromatic rings. The van der Waals surface area contributed by atoms with E-state index >= 15 is 0 Å². The second-order valence-electron chi connectivity index (χ2n) is 3.90. The number of rotatable bonds is 3. The maximum absolute atomic E-state index is 11.9. The number of benzene rings is 1. The lowest BCUT2D eigenvalue weighted by Crippen LogP contribution is -2.14. The van der Waals surface area contributed by atoms with Crippen LogP contribution in [0.1, 0.15) is 20.8 Å². The van der Waals surface area contributed by atoms with Gasteiger partial charge in [0.05, 0.1) is 12.7 Å². The molecule has 1 aromatic heterocycles. The van der Waals surface area contributed by atoms with Crippen LogP contribution < -0.4 is 5.32 Å². The highest BCUT2D eigenvalue weighted by atomic mass is 16.5. The van der Waals surface area contributed by atoms with Crippen LogP contribution >= 0.6 is 0 Å². The van der Waals surface area contributed by atoms with Gasteiger partial charge in [-0.1, -0.05) is 6.07 Å². The van der Waals surface area contributed by atoms with Crippen LogP contribution in [0.15, 0.2) is 42.6 Å². The Bertz CT molecular complexity index is 655. The Morgan fingerprint density at radius 2 is 2.05 bits per heavy atom. The maximum atomic E-state index is 11.9. The van der Waals surface area contributed by atoms with E-state index < -0.39 is 11.9 Å². The van der Waals surface area contributed by atoms with Crippen molar-refractivity contribution in [1.82, 2.24) is 4.98 Å². The molecule has 0 saturated heterocycles. The van der Waals surface area contributed by atoms with Crippen molar-refractivity contribution in [2.45, 2.75) is 0 Å². The Hall–Kier alpha value is -2.89. The Morgan fingerprint density at radius 3 is 2.75 bits per heavy atom. The number of aromatic hydroxyl groups is 1. The molecule has 20 heavy (non-hydrogen) atoms. The summed E-state index contributed by atoms with van der Waals surface area (Å²) in [6.45, 7) is 0. The molecule has 0 bridgehead atoms. The van der Waals surface area contributed by atoms with E-state index in [1.54, 1.807) is 18.2 Å². The molecule has 2 N–H and O–H groups in total. The zero-order valence-corrected chi connectivity index (χ0v) is 10.7. The molecule has 0 aliphatic carbocycles. The van der Waals surface area contributed by atoms with E-state index in [2.05, 4.69) is 15.0 Å². The van der Waals surface area contributed by atoms with Crippen molar-refractivity contribution in [3.63, 3.8) is 0 Å². The first kappa shape index (κ1) is 13.5. The number of amides is 1. The summed E-state index contributed by atoms with van der Waals surface area (Å²) >= 11 is 0. The lowest BCUT2D eigenvalue weighted by molar-refractivity contribution is 0.0600. The van der Waals surface area contributed by atoms with Crippen LogP contribution in [0.5, 0.6) is 5.75 Å². The normalized spacial score (nSPS) is 9.85. The number of nitrogens with zero attached hydrogens (tertiary/aromatic N) is 1. The first-order chi connectivity index (χ1) is 9.61. The van der Waals surface area contributed by atoms with Gasteiger partial charge in [0.25, 0.3) is 5.91 Å². The minimum absolute atomic E-state index is 0.0871. The number of hydrogen-bond acceptors (Lipinski definition) is 5. The predicted octanol–water partition coefficient (Wildman–Crippen LogP) is 1.83. The number of carbonyl (C=O) groups excluding carboxylic acids is 2. The van der Waals surface area contributed by atoms with Gasteiger partial charge in [-0.2, -0.15) is 0 Å². The van der Waals surface area contributed by atoms with Gasteiger partial charge in [-0.3, -0.25) is 4.79 Å². The van der Waals surface area contributed by atoms with Crippen molar-refractivity contribution in [1.29, 1.82) is 0 Å². The average Bonchev–Trinajstić information content (AvgIpc) is 2.47. The van der Waals surface area contributed by atoms with Gasteiger partial charge >= 0.3 is 5.97 Å². The molecule has 1 amide bonds. The molecule has 0 atom stereocenters. The summed E-state index contributed by atoms with van der Waals surface area (Å²) in [7, 11) is 1.28. The Kier molecular flexibility index (Phi) is 3.95. The summed E-state index contributed by atoms with van der Waals surface area (Å²) in [6, 6.07) is 9.16. The number of esters is 1. The van der Waals surface area contributed by atoms with Crippen LogP contribution in [-0.4, -0.2) is 29.1 Å². The molecule has 0 aliphatic heterocycles. The second-order valence-corrected chi connectivity index (χ2v) is 3.90. The molecule has 1 aromatic carbocycles. The summed E-state index contributed by atoms with van der Waals surface area (Å²) < 4.78 is 4.60. The molecule has 0 radical (unpaired) electrons. The third-order valence-electron chi connectivity index (χ3n) is 2.54. The predicted molar refractivity (Wildman–Crippen MR) is 71.6 cm³/mol. The monoisotopic (exact) mass is 272 g/mol. The van der Waals surface area contributed by atoms with Gasteiger partial charge in [-0.05, 0) is 30.3 Å². The van der Waals surface area contributed by atoms with Crippen LogP contribution in [0.2, 0.25) is 0 Å². The molecule has 6 nitrogen and oxygen atoms in total. The number of carbonyl (C=O) groups is 2. The van der Waals surface area contributed by atoms with E-state index in [9.17, 15) is 14.7 Å². The molecular weight excluding hydrogens is 260 g/mol. The number of pyridine rings is 1. The molecule has 102 valence electrons. The Balaban J connectivity index is 2.20. The SMILES string of the molecule is COC(=O)c1cccc(NC(=O)c2ncccc2O)c1. The number of hydrogen-bond donors (Lipinski definition) is 2. The quantitative estimate of drug-likeness (QED) is 0.832. The zero-order chi connectivity index (χ0) is 14.5. The first-order valence-electron chi connectivity index (χ1n) is 5.75. The highest BCUT2D eigenvalue weighted by molar-refractivity contribution is 6.05. The van der Waals surface area contributed by atoms with Gasteiger partial charge in [0.15, 0.2) is 5.69 Å². The summed E-state index contributed by atoms with van der Waals surface area (Å²) in [5.41, 5.74) is 0.634. The number of anilines is 1. The standard InChI is InChI=1S/C14H12N2O4/c1-20-14(19)9-4-2-5-10(8-9)16-13(18)12-11(17)6-3-7-15-12/h2-8,17H,1H3,(H,16,18). The number of ether oxygens (including phenoxy) is 1. The second kappa shape index (κ2) is 5.83. The summed E-state index contributed by atoms with van der Waals surface area (Å²) in [6.07, 6.45) is 1.40.